The maximum Gasteiger partial charge on any atom is 0.272 e. The molecule has 0 saturated carbocycles. The van der Waals surface area contributed by atoms with E-state index in [9.17, 15) is 9.90 Å². The zero-order valence-electron chi connectivity index (χ0n) is 13.2. The highest BCUT2D eigenvalue weighted by molar-refractivity contribution is 5.92. The molecule has 0 radical (unpaired) electrons. The molecule has 0 aliphatic carbocycles. The van der Waals surface area contributed by atoms with E-state index in [1.165, 1.54) is 12.5 Å². The Hall–Kier alpha value is -2.18. The van der Waals surface area contributed by atoms with E-state index < -0.39 is 5.60 Å². The number of hydrogen-bond acceptors (Lipinski definition) is 4. The van der Waals surface area contributed by atoms with Crippen LogP contribution in [0.1, 0.15) is 21.6 Å². The van der Waals surface area contributed by atoms with Crippen molar-refractivity contribution in [3.63, 3.8) is 0 Å². The van der Waals surface area contributed by atoms with Gasteiger partial charge in [0, 0.05) is 13.0 Å². The quantitative estimate of drug-likeness (QED) is 0.887. The molecule has 0 unspecified atom stereocenters. The van der Waals surface area contributed by atoms with Crippen LogP contribution < -0.4 is 0 Å². The van der Waals surface area contributed by atoms with Gasteiger partial charge in [-0.05, 0) is 18.1 Å². The standard InChI is InChI=1S/C17H21N3O3/c1-13-4-2-3-5-14(13)8-17(11-21)10-20(6-7-23-17)16(22)15-9-18-12-19-15/h2-5,9,12,21H,6-8,10-11H2,1H3,(H,18,19)/t17-/m0/s1. The fraction of sp³-hybridized carbons (Fsp3) is 0.412. The number of aliphatic hydroxyl groups excluding tert-OH is 1. The summed E-state index contributed by atoms with van der Waals surface area (Å²) < 4.78 is 5.90. The summed E-state index contributed by atoms with van der Waals surface area (Å²) >= 11 is 0. The van der Waals surface area contributed by atoms with Gasteiger partial charge in [0.2, 0.25) is 0 Å². The van der Waals surface area contributed by atoms with E-state index in [0.717, 1.165) is 11.1 Å². The summed E-state index contributed by atoms with van der Waals surface area (Å²) in [5.74, 6) is -0.117. The molecule has 1 aromatic carbocycles. The van der Waals surface area contributed by atoms with E-state index in [4.69, 9.17) is 4.74 Å². The second kappa shape index (κ2) is 6.52. The van der Waals surface area contributed by atoms with Crippen LogP contribution in [0.2, 0.25) is 0 Å². The van der Waals surface area contributed by atoms with Gasteiger partial charge in [0.25, 0.3) is 5.91 Å². The average Bonchev–Trinajstić information content (AvgIpc) is 3.11. The Balaban J connectivity index is 1.79. The summed E-state index contributed by atoms with van der Waals surface area (Å²) in [6, 6.07) is 8.03. The highest BCUT2D eigenvalue weighted by atomic mass is 16.5. The summed E-state index contributed by atoms with van der Waals surface area (Å²) in [5, 5.41) is 9.94. The highest BCUT2D eigenvalue weighted by Gasteiger charge is 2.38. The average molecular weight is 315 g/mol. The van der Waals surface area contributed by atoms with Gasteiger partial charge < -0.3 is 19.7 Å². The van der Waals surface area contributed by atoms with Crippen LogP contribution in [-0.4, -0.2) is 57.8 Å². The number of aromatic amines is 1. The van der Waals surface area contributed by atoms with Gasteiger partial charge in [-0.3, -0.25) is 4.79 Å². The maximum absolute atomic E-state index is 12.5. The van der Waals surface area contributed by atoms with E-state index in [0.29, 0.717) is 31.8 Å². The molecular weight excluding hydrogens is 294 g/mol. The van der Waals surface area contributed by atoms with Crippen LogP contribution in [-0.2, 0) is 11.2 Å². The number of carbonyl (C=O) groups excluding carboxylic acids is 1. The molecule has 1 fully saturated rings. The Bertz CT molecular complexity index is 671. The molecule has 23 heavy (non-hydrogen) atoms. The topological polar surface area (TPSA) is 78.5 Å². The minimum atomic E-state index is -0.764. The lowest BCUT2D eigenvalue weighted by Gasteiger charge is -2.42. The number of carbonyl (C=O) groups is 1. The van der Waals surface area contributed by atoms with Crippen molar-refractivity contribution >= 4 is 5.91 Å². The van der Waals surface area contributed by atoms with Crippen molar-refractivity contribution < 1.29 is 14.6 Å². The molecule has 0 bridgehead atoms. The van der Waals surface area contributed by atoms with Crippen LogP contribution in [0.3, 0.4) is 0 Å². The predicted molar refractivity (Wildman–Crippen MR) is 85.1 cm³/mol. The highest BCUT2D eigenvalue weighted by Crippen LogP contribution is 2.25. The van der Waals surface area contributed by atoms with E-state index in [1.807, 2.05) is 31.2 Å². The zero-order valence-corrected chi connectivity index (χ0v) is 13.2. The van der Waals surface area contributed by atoms with Crippen molar-refractivity contribution in [2.24, 2.45) is 0 Å². The molecule has 0 spiro atoms. The van der Waals surface area contributed by atoms with Gasteiger partial charge in [0.05, 0.1) is 32.3 Å². The van der Waals surface area contributed by atoms with E-state index >= 15 is 0 Å². The molecule has 1 aliphatic heterocycles. The first kappa shape index (κ1) is 15.7. The van der Waals surface area contributed by atoms with Gasteiger partial charge >= 0.3 is 0 Å². The van der Waals surface area contributed by atoms with Crippen molar-refractivity contribution in [3.05, 3.63) is 53.6 Å². The van der Waals surface area contributed by atoms with Gasteiger partial charge in [0.1, 0.15) is 11.3 Å². The van der Waals surface area contributed by atoms with Gasteiger partial charge in [0.15, 0.2) is 0 Å². The summed E-state index contributed by atoms with van der Waals surface area (Å²) in [6.45, 7) is 3.18. The fourth-order valence-corrected chi connectivity index (χ4v) is 2.98. The summed E-state index contributed by atoms with van der Waals surface area (Å²) in [5.41, 5.74) is 1.97. The second-order valence-corrected chi connectivity index (χ2v) is 5.98. The lowest BCUT2D eigenvalue weighted by atomic mass is 9.91. The van der Waals surface area contributed by atoms with Gasteiger partial charge in [-0.15, -0.1) is 0 Å². The molecule has 2 heterocycles. The molecule has 6 heteroatoms. The molecular formula is C17H21N3O3. The van der Waals surface area contributed by atoms with Crippen LogP contribution in [0.25, 0.3) is 0 Å². The molecule has 1 atom stereocenters. The molecule has 122 valence electrons. The number of aromatic nitrogens is 2. The second-order valence-electron chi connectivity index (χ2n) is 5.98. The van der Waals surface area contributed by atoms with E-state index in [-0.39, 0.29) is 12.5 Å². The molecule has 2 aromatic rings. The molecule has 1 saturated heterocycles. The zero-order chi connectivity index (χ0) is 16.3. The van der Waals surface area contributed by atoms with Crippen LogP contribution in [0.4, 0.5) is 0 Å². The third kappa shape index (κ3) is 3.28. The number of nitrogens with one attached hydrogen (secondary N) is 1. The van der Waals surface area contributed by atoms with Crippen molar-refractivity contribution in [2.45, 2.75) is 18.9 Å². The van der Waals surface area contributed by atoms with Crippen molar-refractivity contribution in [3.8, 4) is 0 Å². The maximum atomic E-state index is 12.5. The SMILES string of the molecule is Cc1ccccc1C[C@@]1(CO)CN(C(=O)c2cnc[nH]2)CCO1. The molecule has 2 N–H and O–H groups in total. The summed E-state index contributed by atoms with van der Waals surface area (Å²) in [7, 11) is 0. The Labute approximate surface area is 135 Å². The third-order valence-corrected chi connectivity index (χ3v) is 4.33. The Morgan fingerprint density at radius 2 is 2.30 bits per heavy atom. The normalized spacial score (nSPS) is 21.4. The molecule has 1 aromatic heterocycles. The van der Waals surface area contributed by atoms with Gasteiger partial charge in [-0.2, -0.15) is 0 Å². The Morgan fingerprint density at radius 1 is 1.48 bits per heavy atom. The monoisotopic (exact) mass is 315 g/mol. The minimum absolute atomic E-state index is 0.117. The van der Waals surface area contributed by atoms with Crippen LogP contribution in [0.15, 0.2) is 36.8 Å². The first-order chi connectivity index (χ1) is 11.1. The predicted octanol–water partition coefficient (Wildman–Crippen LogP) is 1.16. The van der Waals surface area contributed by atoms with Crippen LogP contribution >= 0.6 is 0 Å². The van der Waals surface area contributed by atoms with Gasteiger partial charge in [-0.25, -0.2) is 4.98 Å². The fourth-order valence-electron chi connectivity index (χ4n) is 2.98. The lowest BCUT2D eigenvalue weighted by molar-refractivity contribution is -0.123. The molecule has 6 nitrogen and oxygen atoms in total. The smallest absolute Gasteiger partial charge is 0.272 e. The van der Waals surface area contributed by atoms with Crippen molar-refractivity contribution in [1.29, 1.82) is 0 Å². The van der Waals surface area contributed by atoms with Gasteiger partial charge in [-0.1, -0.05) is 24.3 Å². The number of ether oxygens (including phenoxy) is 1. The first-order valence-corrected chi connectivity index (χ1v) is 7.70. The summed E-state index contributed by atoms with van der Waals surface area (Å²) in [4.78, 5) is 20.9. The number of morpholine rings is 1. The molecule has 1 aliphatic rings. The lowest BCUT2D eigenvalue weighted by Crippen LogP contribution is -2.57. The van der Waals surface area contributed by atoms with Crippen molar-refractivity contribution in [1.82, 2.24) is 14.9 Å². The number of aliphatic hydroxyl groups is 1. The van der Waals surface area contributed by atoms with E-state index in [2.05, 4.69) is 9.97 Å². The summed E-state index contributed by atoms with van der Waals surface area (Å²) in [6.07, 6.45) is 3.57. The number of imidazole rings is 1. The Kier molecular flexibility index (Phi) is 4.45. The Morgan fingerprint density at radius 3 is 3.00 bits per heavy atom. The number of rotatable bonds is 4. The number of amides is 1. The van der Waals surface area contributed by atoms with E-state index in [1.54, 1.807) is 4.90 Å². The number of aryl methyl sites for hydroxylation is 1. The van der Waals surface area contributed by atoms with Crippen molar-refractivity contribution in [2.75, 3.05) is 26.3 Å². The van der Waals surface area contributed by atoms with Crippen LogP contribution in [0, 0.1) is 6.92 Å². The third-order valence-electron chi connectivity index (χ3n) is 4.33. The van der Waals surface area contributed by atoms with Crippen LogP contribution in [0.5, 0.6) is 0 Å². The first-order valence-electron chi connectivity index (χ1n) is 7.70. The molecule has 1 amide bonds. The number of H-pyrrole nitrogens is 1. The number of hydrogen-bond donors (Lipinski definition) is 2. The number of nitrogens with zero attached hydrogens (tertiary/aromatic N) is 2. The number of benzene rings is 1. The molecule has 3 rings (SSSR count). The largest absolute Gasteiger partial charge is 0.393 e. The minimum Gasteiger partial charge on any atom is -0.393 e.